The third kappa shape index (κ3) is 3.80. The zero-order valence-electron chi connectivity index (χ0n) is 15.9. The minimum atomic E-state index is -0.587. The fourth-order valence-electron chi connectivity index (χ4n) is 3.65. The van der Waals surface area contributed by atoms with Gasteiger partial charge in [-0.25, -0.2) is 4.79 Å². The highest BCUT2D eigenvalue weighted by Gasteiger charge is 2.36. The zero-order valence-corrected chi connectivity index (χ0v) is 15.9. The number of furan rings is 1. The number of oxazole rings is 1. The largest absolute Gasteiger partial charge is 0.467 e. The summed E-state index contributed by atoms with van der Waals surface area (Å²) in [6.45, 7) is 2.25. The van der Waals surface area contributed by atoms with E-state index in [2.05, 4.69) is 0 Å². The summed E-state index contributed by atoms with van der Waals surface area (Å²) in [7, 11) is 0. The van der Waals surface area contributed by atoms with Crippen molar-refractivity contribution < 1.29 is 18.6 Å². The number of carbonyl (C=O) groups is 1. The van der Waals surface area contributed by atoms with Crippen LogP contribution in [0.25, 0.3) is 11.1 Å². The van der Waals surface area contributed by atoms with Crippen LogP contribution in [0.1, 0.15) is 44.4 Å². The van der Waals surface area contributed by atoms with Gasteiger partial charge in [-0.2, -0.15) is 0 Å². The molecule has 0 bridgehead atoms. The summed E-state index contributed by atoms with van der Waals surface area (Å²) in [6, 6.07) is 7.84. The summed E-state index contributed by atoms with van der Waals surface area (Å²) in [5, 5.41) is 10.9. The number of nitrogens with zero attached hydrogens (tertiary/aromatic N) is 3. The number of aromatic nitrogens is 1. The first-order valence-electron chi connectivity index (χ1n) is 9.58. The minimum absolute atomic E-state index is 0.0212. The van der Waals surface area contributed by atoms with E-state index in [1.165, 1.54) is 22.8 Å². The number of rotatable bonds is 8. The Bertz CT molecular complexity index is 1090. The van der Waals surface area contributed by atoms with E-state index in [9.17, 15) is 19.7 Å². The quantitative estimate of drug-likeness (QED) is 0.422. The maximum atomic E-state index is 12.9. The van der Waals surface area contributed by atoms with Gasteiger partial charge in [-0.1, -0.05) is 0 Å². The van der Waals surface area contributed by atoms with Crippen molar-refractivity contribution in [3.05, 3.63) is 63.0 Å². The molecule has 1 aromatic carbocycles. The molecule has 0 spiro atoms. The van der Waals surface area contributed by atoms with Gasteiger partial charge in [0.2, 0.25) is 5.91 Å². The maximum absolute atomic E-state index is 12.9. The number of amides is 1. The first kappa shape index (κ1) is 19.0. The molecule has 0 N–H and O–H groups in total. The summed E-state index contributed by atoms with van der Waals surface area (Å²) in [5.41, 5.74) is 0.512. The van der Waals surface area contributed by atoms with Crippen LogP contribution in [0.2, 0.25) is 0 Å². The molecule has 3 aromatic rings. The van der Waals surface area contributed by atoms with Crippen LogP contribution in [0.5, 0.6) is 0 Å². The fraction of sp³-hybridized carbons (Fsp3) is 0.400. The van der Waals surface area contributed by atoms with E-state index in [0.29, 0.717) is 18.5 Å². The molecule has 1 fully saturated rings. The van der Waals surface area contributed by atoms with Gasteiger partial charge in [-0.15, -0.1) is 0 Å². The summed E-state index contributed by atoms with van der Waals surface area (Å²) in [6.07, 6.45) is 4.32. The summed E-state index contributed by atoms with van der Waals surface area (Å²) < 4.78 is 12.0. The van der Waals surface area contributed by atoms with Crippen LogP contribution in [0.3, 0.4) is 0 Å². The van der Waals surface area contributed by atoms with E-state index in [4.69, 9.17) is 8.83 Å². The Morgan fingerprint density at radius 2 is 2.17 bits per heavy atom. The first-order chi connectivity index (χ1) is 14.0. The smallest absolute Gasteiger partial charge is 0.419 e. The molecule has 2 aromatic heterocycles. The second-order valence-corrected chi connectivity index (χ2v) is 7.26. The van der Waals surface area contributed by atoms with Gasteiger partial charge in [0.15, 0.2) is 5.58 Å². The molecule has 1 atom stereocenters. The van der Waals surface area contributed by atoms with E-state index in [-0.39, 0.29) is 35.7 Å². The van der Waals surface area contributed by atoms with E-state index in [0.717, 1.165) is 18.6 Å². The van der Waals surface area contributed by atoms with Crippen molar-refractivity contribution in [1.29, 1.82) is 0 Å². The molecular formula is C20H21N3O6. The van der Waals surface area contributed by atoms with Crippen molar-refractivity contribution in [3.8, 4) is 0 Å². The number of fused-ring (bicyclic) bond motifs is 1. The predicted molar refractivity (Wildman–Crippen MR) is 103 cm³/mol. The van der Waals surface area contributed by atoms with Gasteiger partial charge in [0.25, 0.3) is 5.69 Å². The lowest BCUT2D eigenvalue weighted by atomic mass is 10.1. The van der Waals surface area contributed by atoms with Crippen LogP contribution in [-0.2, 0) is 11.3 Å². The molecule has 1 saturated carbocycles. The molecule has 1 unspecified atom stereocenters. The third-order valence-corrected chi connectivity index (χ3v) is 5.24. The Kier molecular flexibility index (Phi) is 4.96. The van der Waals surface area contributed by atoms with Gasteiger partial charge in [0, 0.05) is 25.1 Å². The summed E-state index contributed by atoms with van der Waals surface area (Å²) in [5.74, 6) is 0.188. The van der Waals surface area contributed by atoms with Crippen LogP contribution in [-0.4, -0.2) is 26.3 Å². The average molecular weight is 399 g/mol. The summed E-state index contributed by atoms with van der Waals surface area (Å²) >= 11 is 0. The molecule has 0 radical (unpaired) electrons. The number of nitro benzene ring substituents is 1. The molecule has 9 nitrogen and oxygen atoms in total. The molecule has 1 aliphatic rings. The normalized spacial score (nSPS) is 14.8. The SMILES string of the molecule is CC(c1ccco1)N(C(=O)CCCn1c(=O)oc2cc([N+](=O)[O-])ccc21)C1CC1. The zero-order chi connectivity index (χ0) is 20.5. The molecule has 0 aliphatic heterocycles. The second-order valence-electron chi connectivity index (χ2n) is 7.26. The number of hydrogen-bond acceptors (Lipinski definition) is 6. The second kappa shape index (κ2) is 7.57. The summed E-state index contributed by atoms with van der Waals surface area (Å²) in [4.78, 5) is 37.2. The Morgan fingerprint density at radius 1 is 1.38 bits per heavy atom. The van der Waals surface area contributed by atoms with Crippen molar-refractivity contribution in [2.24, 2.45) is 0 Å². The first-order valence-corrected chi connectivity index (χ1v) is 9.58. The lowest BCUT2D eigenvalue weighted by Crippen LogP contribution is -2.35. The van der Waals surface area contributed by atoms with Gasteiger partial charge in [-0.3, -0.25) is 19.5 Å². The third-order valence-electron chi connectivity index (χ3n) is 5.24. The Morgan fingerprint density at radius 3 is 2.83 bits per heavy atom. The van der Waals surface area contributed by atoms with Gasteiger partial charge < -0.3 is 13.7 Å². The van der Waals surface area contributed by atoms with Crippen molar-refractivity contribution in [1.82, 2.24) is 9.47 Å². The number of non-ortho nitro benzene ring substituents is 1. The lowest BCUT2D eigenvalue weighted by molar-refractivity contribution is -0.384. The molecule has 9 heteroatoms. The van der Waals surface area contributed by atoms with Crippen LogP contribution in [0, 0.1) is 10.1 Å². The van der Waals surface area contributed by atoms with E-state index in [1.807, 2.05) is 24.0 Å². The topological polar surface area (TPSA) is 112 Å². The van der Waals surface area contributed by atoms with Crippen molar-refractivity contribution in [3.63, 3.8) is 0 Å². The molecule has 1 aliphatic carbocycles. The van der Waals surface area contributed by atoms with Crippen molar-refractivity contribution in [2.45, 2.75) is 51.2 Å². The van der Waals surface area contributed by atoms with Gasteiger partial charge in [0.1, 0.15) is 5.76 Å². The Labute approximate surface area is 165 Å². The molecule has 2 heterocycles. The van der Waals surface area contributed by atoms with E-state index in [1.54, 1.807) is 6.26 Å². The van der Waals surface area contributed by atoms with Crippen LogP contribution in [0.15, 0.2) is 50.2 Å². The lowest BCUT2D eigenvalue weighted by Gasteiger charge is -2.28. The van der Waals surface area contributed by atoms with Crippen LogP contribution in [0.4, 0.5) is 5.69 Å². The van der Waals surface area contributed by atoms with Gasteiger partial charge in [-0.05, 0) is 44.4 Å². The monoisotopic (exact) mass is 399 g/mol. The van der Waals surface area contributed by atoms with Crippen LogP contribution >= 0.6 is 0 Å². The number of hydrogen-bond donors (Lipinski definition) is 0. The highest BCUT2D eigenvalue weighted by Crippen LogP contribution is 2.35. The van der Waals surface area contributed by atoms with E-state index < -0.39 is 10.7 Å². The molecule has 1 amide bonds. The van der Waals surface area contributed by atoms with Gasteiger partial charge >= 0.3 is 5.76 Å². The average Bonchev–Trinajstić information content (AvgIpc) is 3.25. The molecular weight excluding hydrogens is 378 g/mol. The number of carbonyl (C=O) groups excluding carboxylic acids is 1. The highest BCUT2D eigenvalue weighted by atomic mass is 16.6. The Hall–Kier alpha value is -3.36. The predicted octanol–water partition coefficient (Wildman–Crippen LogP) is 3.63. The maximum Gasteiger partial charge on any atom is 0.419 e. The minimum Gasteiger partial charge on any atom is -0.467 e. The highest BCUT2D eigenvalue weighted by molar-refractivity contribution is 5.77. The van der Waals surface area contributed by atoms with Crippen molar-refractivity contribution in [2.75, 3.05) is 0 Å². The van der Waals surface area contributed by atoms with Crippen molar-refractivity contribution >= 4 is 22.7 Å². The Balaban J connectivity index is 1.44. The molecule has 0 saturated heterocycles. The standard InChI is InChI=1S/C20H21N3O6/c1-13(17-4-3-11-28-17)22(14-6-7-14)19(24)5-2-10-21-16-9-8-15(23(26)27)12-18(16)29-20(21)25/h3-4,8-9,11-14H,2,5-7,10H2,1H3. The number of nitro groups is 1. The van der Waals surface area contributed by atoms with Crippen LogP contribution < -0.4 is 5.76 Å². The number of aryl methyl sites for hydroxylation is 1. The van der Waals surface area contributed by atoms with E-state index >= 15 is 0 Å². The fourth-order valence-corrected chi connectivity index (χ4v) is 3.65. The van der Waals surface area contributed by atoms with Gasteiger partial charge in [0.05, 0.1) is 28.8 Å². The number of benzene rings is 1. The molecule has 29 heavy (non-hydrogen) atoms. The molecule has 4 rings (SSSR count). The molecule has 152 valence electrons.